The molecule has 1 saturated heterocycles. The molecule has 1 aliphatic rings. The summed E-state index contributed by atoms with van der Waals surface area (Å²) in [5, 5.41) is 5.45. The molecule has 0 atom stereocenters. The van der Waals surface area contributed by atoms with Crippen LogP contribution < -0.4 is 10.6 Å². The van der Waals surface area contributed by atoms with Crippen molar-refractivity contribution >= 4 is 39.3 Å². The fourth-order valence-electron chi connectivity index (χ4n) is 3.78. The minimum atomic E-state index is -3.50. The molecule has 1 aromatic heterocycles. The van der Waals surface area contributed by atoms with E-state index in [1.54, 1.807) is 71.0 Å². The standard InChI is InChI=1S/C26H27N3O5S/c30-25(27-21-10-12-22(13-11-21)28-26(31)24-6-5-19-34-24)16-9-20-7-14-23(15-8-20)35(32,33)29-17-3-1-2-4-18-29/h5-16,19H,1-4,17-18H2,(H,27,30)(H,28,31)/b16-9+. The summed E-state index contributed by atoms with van der Waals surface area (Å²) in [5.41, 5.74) is 1.84. The van der Waals surface area contributed by atoms with E-state index in [2.05, 4.69) is 10.6 Å². The van der Waals surface area contributed by atoms with E-state index in [1.165, 1.54) is 12.3 Å². The maximum absolute atomic E-state index is 12.9. The Morgan fingerprint density at radius 3 is 2.06 bits per heavy atom. The van der Waals surface area contributed by atoms with Gasteiger partial charge >= 0.3 is 0 Å². The Morgan fingerprint density at radius 1 is 0.829 bits per heavy atom. The highest BCUT2D eigenvalue weighted by Crippen LogP contribution is 2.21. The van der Waals surface area contributed by atoms with E-state index in [4.69, 9.17) is 4.42 Å². The zero-order valence-corrected chi connectivity index (χ0v) is 20.0. The molecule has 2 amide bonds. The predicted molar refractivity (Wildman–Crippen MR) is 134 cm³/mol. The minimum absolute atomic E-state index is 0.208. The van der Waals surface area contributed by atoms with Gasteiger partial charge in [0.1, 0.15) is 0 Å². The third-order valence-corrected chi connectivity index (χ3v) is 7.58. The summed E-state index contributed by atoms with van der Waals surface area (Å²) >= 11 is 0. The molecule has 0 saturated carbocycles. The number of nitrogens with zero attached hydrogens (tertiary/aromatic N) is 1. The molecule has 0 spiro atoms. The monoisotopic (exact) mass is 493 g/mol. The number of hydrogen-bond donors (Lipinski definition) is 2. The lowest BCUT2D eigenvalue weighted by Crippen LogP contribution is -2.31. The number of sulfonamides is 1. The van der Waals surface area contributed by atoms with E-state index in [-0.39, 0.29) is 22.5 Å². The molecule has 1 aliphatic heterocycles. The Bertz CT molecular complexity index is 1270. The second-order valence-electron chi connectivity index (χ2n) is 8.22. The highest BCUT2D eigenvalue weighted by Gasteiger charge is 2.24. The van der Waals surface area contributed by atoms with Crippen LogP contribution in [0.15, 0.2) is 82.3 Å². The molecule has 0 aliphatic carbocycles. The largest absolute Gasteiger partial charge is 0.459 e. The number of benzene rings is 2. The van der Waals surface area contributed by atoms with Gasteiger partial charge in [-0.2, -0.15) is 4.31 Å². The lowest BCUT2D eigenvalue weighted by atomic mass is 10.2. The second-order valence-corrected chi connectivity index (χ2v) is 10.2. The maximum atomic E-state index is 12.9. The molecule has 9 heteroatoms. The predicted octanol–water partition coefficient (Wildman–Crippen LogP) is 4.75. The summed E-state index contributed by atoms with van der Waals surface area (Å²) < 4.78 is 32.4. The highest BCUT2D eigenvalue weighted by atomic mass is 32.2. The van der Waals surface area contributed by atoms with E-state index in [9.17, 15) is 18.0 Å². The first kappa shape index (κ1) is 24.4. The zero-order chi connectivity index (χ0) is 24.7. The van der Waals surface area contributed by atoms with Crippen molar-refractivity contribution in [3.05, 3.63) is 84.3 Å². The lowest BCUT2D eigenvalue weighted by Gasteiger charge is -2.19. The molecular weight excluding hydrogens is 466 g/mol. The van der Waals surface area contributed by atoms with Crippen LogP contribution in [0.1, 0.15) is 41.8 Å². The number of rotatable bonds is 7. The molecule has 0 radical (unpaired) electrons. The fraction of sp³-hybridized carbons (Fsp3) is 0.231. The number of furan rings is 1. The number of nitrogens with one attached hydrogen (secondary N) is 2. The van der Waals surface area contributed by atoms with Crippen LogP contribution in [0.2, 0.25) is 0 Å². The van der Waals surface area contributed by atoms with Gasteiger partial charge in [0.15, 0.2) is 5.76 Å². The summed E-state index contributed by atoms with van der Waals surface area (Å²) in [6.07, 6.45) is 8.32. The van der Waals surface area contributed by atoms with E-state index >= 15 is 0 Å². The van der Waals surface area contributed by atoms with Crippen molar-refractivity contribution in [1.82, 2.24) is 4.31 Å². The Morgan fingerprint density at radius 2 is 1.46 bits per heavy atom. The van der Waals surface area contributed by atoms with Crippen molar-refractivity contribution in [1.29, 1.82) is 0 Å². The van der Waals surface area contributed by atoms with Crippen LogP contribution in [0, 0.1) is 0 Å². The fourth-order valence-corrected chi connectivity index (χ4v) is 5.29. The normalized spacial score (nSPS) is 15.0. The molecule has 35 heavy (non-hydrogen) atoms. The van der Waals surface area contributed by atoms with Crippen LogP contribution in [-0.2, 0) is 14.8 Å². The molecule has 1 fully saturated rings. The minimum Gasteiger partial charge on any atom is -0.459 e. The van der Waals surface area contributed by atoms with Crippen molar-refractivity contribution in [3.63, 3.8) is 0 Å². The summed E-state index contributed by atoms with van der Waals surface area (Å²) in [7, 11) is -3.50. The van der Waals surface area contributed by atoms with Crippen LogP contribution >= 0.6 is 0 Å². The molecule has 2 N–H and O–H groups in total. The second kappa shape index (κ2) is 11.2. The molecule has 2 heterocycles. The van der Waals surface area contributed by atoms with Gasteiger partial charge in [-0.3, -0.25) is 9.59 Å². The summed E-state index contributed by atoms with van der Waals surface area (Å²) in [6, 6.07) is 16.4. The average molecular weight is 494 g/mol. The van der Waals surface area contributed by atoms with E-state index in [0.29, 0.717) is 30.0 Å². The quantitative estimate of drug-likeness (QED) is 0.462. The van der Waals surface area contributed by atoms with Gasteiger partial charge in [0, 0.05) is 30.5 Å². The van der Waals surface area contributed by atoms with Crippen LogP contribution in [0.5, 0.6) is 0 Å². The van der Waals surface area contributed by atoms with Gasteiger partial charge in [-0.25, -0.2) is 8.42 Å². The molecule has 0 bridgehead atoms. The van der Waals surface area contributed by atoms with E-state index in [1.807, 2.05) is 0 Å². The Kier molecular flexibility index (Phi) is 7.79. The molecule has 8 nitrogen and oxygen atoms in total. The van der Waals surface area contributed by atoms with Crippen molar-refractivity contribution in [3.8, 4) is 0 Å². The average Bonchev–Trinajstić information content (AvgIpc) is 3.26. The Hall–Kier alpha value is -3.69. The molecule has 182 valence electrons. The molecule has 2 aromatic carbocycles. The number of carbonyl (C=O) groups is 2. The van der Waals surface area contributed by atoms with Gasteiger partial charge in [-0.05, 0) is 73.0 Å². The van der Waals surface area contributed by atoms with Gasteiger partial charge in [0.25, 0.3) is 5.91 Å². The molecular formula is C26H27N3O5S. The molecule has 3 aromatic rings. The number of hydrogen-bond acceptors (Lipinski definition) is 5. The first-order valence-corrected chi connectivity index (χ1v) is 12.9. The smallest absolute Gasteiger partial charge is 0.291 e. The van der Waals surface area contributed by atoms with Crippen LogP contribution in [0.25, 0.3) is 6.08 Å². The SMILES string of the molecule is O=C(/C=C/c1ccc(S(=O)(=O)N2CCCCCC2)cc1)Nc1ccc(NC(=O)c2ccco2)cc1. The number of anilines is 2. The van der Waals surface area contributed by atoms with Crippen molar-refractivity contribution in [2.24, 2.45) is 0 Å². The number of amides is 2. The first-order chi connectivity index (χ1) is 16.9. The lowest BCUT2D eigenvalue weighted by molar-refractivity contribution is -0.111. The van der Waals surface area contributed by atoms with Crippen molar-refractivity contribution in [2.45, 2.75) is 30.6 Å². The Labute approximate surface area is 204 Å². The van der Waals surface area contributed by atoms with E-state index < -0.39 is 10.0 Å². The first-order valence-electron chi connectivity index (χ1n) is 11.5. The van der Waals surface area contributed by atoms with Gasteiger partial charge in [-0.1, -0.05) is 25.0 Å². The summed E-state index contributed by atoms with van der Waals surface area (Å²) in [6.45, 7) is 1.11. The molecule has 0 unspecified atom stereocenters. The van der Waals surface area contributed by atoms with Gasteiger partial charge in [-0.15, -0.1) is 0 Å². The third-order valence-electron chi connectivity index (χ3n) is 5.67. The van der Waals surface area contributed by atoms with Crippen LogP contribution in [-0.4, -0.2) is 37.6 Å². The van der Waals surface area contributed by atoms with Crippen molar-refractivity contribution in [2.75, 3.05) is 23.7 Å². The number of carbonyl (C=O) groups excluding carboxylic acids is 2. The zero-order valence-electron chi connectivity index (χ0n) is 19.1. The van der Waals surface area contributed by atoms with Crippen LogP contribution in [0.4, 0.5) is 11.4 Å². The van der Waals surface area contributed by atoms with Gasteiger partial charge in [0.2, 0.25) is 15.9 Å². The molecule has 4 rings (SSSR count). The van der Waals surface area contributed by atoms with Gasteiger partial charge < -0.3 is 15.1 Å². The van der Waals surface area contributed by atoms with E-state index in [0.717, 1.165) is 25.7 Å². The summed E-state index contributed by atoms with van der Waals surface area (Å²) in [4.78, 5) is 24.6. The van der Waals surface area contributed by atoms with Crippen LogP contribution in [0.3, 0.4) is 0 Å². The third kappa shape index (κ3) is 6.46. The topological polar surface area (TPSA) is 109 Å². The highest BCUT2D eigenvalue weighted by molar-refractivity contribution is 7.89. The van der Waals surface area contributed by atoms with Crippen molar-refractivity contribution < 1.29 is 22.4 Å². The maximum Gasteiger partial charge on any atom is 0.291 e. The summed E-state index contributed by atoms with van der Waals surface area (Å²) in [5.74, 6) is -0.487. The van der Waals surface area contributed by atoms with Gasteiger partial charge in [0.05, 0.1) is 11.2 Å². The Balaban J connectivity index is 1.32.